The SMILES string of the molecule is CCc1nnc(Nc2ccc3nnc([C@@H](C)c4ccc(O)cc4)n3n2)s1. The summed E-state index contributed by atoms with van der Waals surface area (Å²) in [6.45, 7) is 4.08. The Morgan fingerprint density at radius 1 is 1.08 bits per heavy atom. The zero-order valence-electron chi connectivity index (χ0n) is 14.3. The number of aromatic nitrogens is 6. The fourth-order valence-corrected chi connectivity index (χ4v) is 3.30. The molecule has 0 spiro atoms. The highest BCUT2D eigenvalue weighted by molar-refractivity contribution is 7.15. The molecule has 0 saturated heterocycles. The Morgan fingerprint density at radius 3 is 2.62 bits per heavy atom. The van der Waals surface area contributed by atoms with E-state index in [1.54, 1.807) is 16.6 Å². The van der Waals surface area contributed by atoms with E-state index in [1.807, 2.05) is 38.1 Å². The number of fused-ring (bicyclic) bond motifs is 1. The standard InChI is InChI=1S/C17H17N7OS/c1-3-15-20-22-17(26-15)18-13-8-9-14-19-21-16(24(14)23-13)10(2)11-4-6-12(25)7-5-11/h4-10,25H,3H2,1-2H3,(H,18,22,23)/t10-/m0/s1. The monoisotopic (exact) mass is 367 g/mol. The lowest BCUT2D eigenvalue weighted by molar-refractivity contribution is 0.475. The minimum Gasteiger partial charge on any atom is -0.508 e. The van der Waals surface area contributed by atoms with Crippen molar-refractivity contribution in [3.05, 3.63) is 52.8 Å². The number of benzene rings is 1. The molecule has 0 bridgehead atoms. The lowest BCUT2D eigenvalue weighted by Crippen LogP contribution is -2.06. The molecule has 0 saturated carbocycles. The zero-order valence-corrected chi connectivity index (χ0v) is 15.1. The number of phenols is 1. The quantitative estimate of drug-likeness (QED) is 0.559. The lowest BCUT2D eigenvalue weighted by Gasteiger charge is -2.10. The maximum absolute atomic E-state index is 9.47. The number of phenolic OH excluding ortho intramolecular Hbond substituents is 1. The summed E-state index contributed by atoms with van der Waals surface area (Å²) < 4.78 is 1.72. The van der Waals surface area contributed by atoms with Crippen molar-refractivity contribution in [2.45, 2.75) is 26.2 Å². The fourth-order valence-electron chi connectivity index (χ4n) is 2.61. The number of nitrogens with one attached hydrogen (secondary N) is 1. The molecule has 0 aliphatic rings. The van der Waals surface area contributed by atoms with Gasteiger partial charge in [-0.15, -0.1) is 25.5 Å². The second kappa shape index (κ2) is 6.68. The Kier molecular flexibility index (Phi) is 4.21. The van der Waals surface area contributed by atoms with Gasteiger partial charge in [0.25, 0.3) is 0 Å². The number of hydrogen-bond donors (Lipinski definition) is 2. The van der Waals surface area contributed by atoms with Gasteiger partial charge in [0, 0.05) is 5.92 Å². The van der Waals surface area contributed by atoms with Crippen LogP contribution in [0.2, 0.25) is 0 Å². The van der Waals surface area contributed by atoms with Crippen molar-refractivity contribution < 1.29 is 5.11 Å². The normalized spacial score (nSPS) is 12.4. The maximum Gasteiger partial charge on any atom is 0.211 e. The zero-order chi connectivity index (χ0) is 18.1. The number of nitrogens with zero attached hydrogens (tertiary/aromatic N) is 6. The Hall–Kier alpha value is -3.07. The van der Waals surface area contributed by atoms with Gasteiger partial charge in [0.1, 0.15) is 10.8 Å². The van der Waals surface area contributed by atoms with Crippen LogP contribution < -0.4 is 5.32 Å². The van der Waals surface area contributed by atoms with Gasteiger partial charge in [-0.3, -0.25) is 0 Å². The molecule has 1 aromatic carbocycles. The van der Waals surface area contributed by atoms with Gasteiger partial charge in [0.05, 0.1) is 0 Å². The number of hydrogen-bond acceptors (Lipinski definition) is 8. The molecule has 4 aromatic rings. The van der Waals surface area contributed by atoms with Crippen molar-refractivity contribution in [1.29, 1.82) is 0 Å². The smallest absolute Gasteiger partial charge is 0.211 e. The van der Waals surface area contributed by atoms with Crippen LogP contribution in [0.5, 0.6) is 5.75 Å². The molecule has 26 heavy (non-hydrogen) atoms. The van der Waals surface area contributed by atoms with Crippen molar-refractivity contribution in [3.8, 4) is 5.75 Å². The van der Waals surface area contributed by atoms with E-state index in [0.717, 1.165) is 22.8 Å². The number of aryl methyl sites for hydroxylation is 1. The van der Waals surface area contributed by atoms with E-state index in [-0.39, 0.29) is 11.7 Å². The molecule has 3 aromatic heterocycles. The second-order valence-corrected chi connectivity index (χ2v) is 6.90. The molecule has 3 heterocycles. The van der Waals surface area contributed by atoms with Crippen LogP contribution in [0.3, 0.4) is 0 Å². The molecule has 2 N–H and O–H groups in total. The van der Waals surface area contributed by atoms with E-state index in [1.165, 1.54) is 11.3 Å². The topological polar surface area (TPSA) is 101 Å². The van der Waals surface area contributed by atoms with Gasteiger partial charge in [-0.1, -0.05) is 37.3 Å². The maximum atomic E-state index is 9.47. The largest absolute Gasteiger partial charge is 0.508 e. The van der Waals surface area contributed by atoms with Crippen molar-refractivity contribution >= 4 is 27.9 Å². The van der Waals surface area contributed by atoms with Gasteiger partial charge in [0.2, 0.25) is 5.13 Å². The molecule has 0 amide bonds. The summed E-state index contributed by atoms with van der Waals surface area (Å²) in [5.41, 5.74) is 1.69. The molecule has 9 heteroatoms. The first-order valence-corrected chi connectivity index (χ1v) is 9.06. The van der Waals surface area contributed by atoms with Gasteiger partial charge >= 0.3 is 0 Å². The van der Waals surface area contributed by atoms with Crippen LogP contribution in [-0.4, -0.2) is 35.1 Å². The average molecular weight is 367 g/mol. The summed E-state index contributed by atoms with van der Waals surface area (Å²) in [5, 5.41) is 35.6. The average Bonchev–Trinajstić information content (AvgIpc) is 3.28. The molecule has 0 unspecified atom stereocenters. The summed E-state index contributed by atoms with van der Waals surface area (Å²) in [4.78, 5) is 0. The molecular weight excluding hydrogens is 350 g/mol. The molecule has 0 aliphatic heterocycles. The Labute approximate surface area is 153 Å². The van der Waals surface area contributed by atoms with E-state index in [4.69, 9.17) is 0 Å². The van der Waals surface area contributed by atoms with Gasteiger partial charge in [-0.05, 0) is 36.2 Å². The molecular formula is C17H17N7OS. The van der Waals surface area contributed by atoms with Crippen LogP contribution in [0, 0.1) is 0 Å². The van der Waals surface area contributed by atoms with Crippen molar-refractivity contribution in [2.75, 3.05) is 5.32 Å². The Balaban J connectivity index is 1.66. The Bertz CT molecular complexity index is 1040. The highest BCUT2D eigenvalue weighted by Crippen LogP contribution is 2.25. The van der Waals surface area contributed by atoms with Crippen molar-refractivity contribution in [3.63, 3.8) is 0 Å². The number of anilines is 2. The molecule has 0 fully saturated rings. The van der Waals surface area contributed by atoms with E-state index in [9.17, 15) is 5.11 Å². The van der Waals surface area contributed by atoms with E-state index < -0.39 is 0 Å². The van der Waals surface area contributed by atoms with Crippen LogP contribution in [0.15, 0.2) is 36.4 Å². The second-order valence-electron chi connectivity index (χ2n) is 5.84. The van der Waals surface area contributed by atoms with Crippen molar-refractivity contribution in [1.82, 2.24) is 30.0 Å². The van der Waals surface area contributed by atoms with Crippen LogP contribution in [0.1, 0.15) is 36.2 Å². The third kappa shape index (κ3) is 3.08. The van der Waals surface area contributed by atoms with Crippen molar-refractivity contribution in [2.24, 2.45) is 0 Å². The summed E-state index contributed by atoms with van der Waals surface area (Å²) in [5.74, 6) is 1.58. The third-order valence-electron chi connectivity index (χ3n) is 4.07. The summed E-state index contributed by atoms with van der Waals surface area (Å²) in [6.07, 6.45) is 0.853. The molecule has 1 atom stereocenters. The minimum atomic E-state index is -0.0263. The fraction of sp³-hybridized carbons (Fsp3) is 0.235. The predicted octanol–water partition coefficient (Wildman–Crippen LogP) is 3.14. The molecule has 0 radical (unpaired) electrons. The molecule has 0 aliphatic carbocycles. The van der Waals surface area contributed by atoms with Crippen LogP contribution in [0.25, 0.3) is 5.65 Å². The van der Waals surface area contributed by atoms with E-state index in [2.05, 4.69) is 30.8 Å². The summed E-state index contributed by atoms with van der Waals surface area (Å²) in [6, 6.07) is 10.8. The molecule has 132 valence electrons. The van der Waals surface area contributed by atoms with Gasteiger partial charge in [-0.25, -0.2) is 0 Å². The highest BCUT2D eigenvalue weighted by atomic mass is 32.1. The first-order valence-electron chi connectivity index (χ1n) is 8.24. The molecule has 4 rings (SSSR count). The highest BCUT2D eigenvalue weighted by Gasteiger charge is 2.17. The van der Waals surface area contributed by atoms with E-state index in [0.29, 0.717) is 16.6 Å². The van der Waals surface area contributed by atoms with Gasteiger partial charge < -0.3 is 10.4 Å². The number of rotatable bonds is 5. The predicted molar refractivity (Wildman–Crippen MR) is 99.0 cm³/mol. The van der Waals surface area contributed by atoms with Crippen LogP contribution >= 0.6 is 11.3 Å². The summed E-state index contributed by atoms with van der Waals surface area (Å²) >= 11 is 1.51. The third-order valence-corrected chi connectivity index (χ3v) is 5.05. The molecule has 8 nitrogen and oxygen atoms in total. The van der Waals surface area contributed by atoms with Crippen LogP contribution in [-0.2, 0) is 6.42 Å². The summed E-state index contributed by atoms with van der Waals surface area (Å²) in [7, 11) is 0. The van der Waals surface area contributed by atoms with E-state index >= 15 is 0 Å². The number of aromatic hydroxyl groups is 1. The van der Waals surface area contributed by atoms with Gasteiger partial charge in [-0.2, -0.15) is 4.52 Å². The lowest BCUT2D eigenvalue weighted by atomic mass is 10.0. The minimum absolute atomic E-state index is 0.0263. The van der Waals surface area contributed by atoms with Crippen LogP contribution in [0.4, 0.5) is 10.9 Å². The first-order chi connectivity index (χ1) is 12.6. The van der Waals surface area contributed by atoms with Gasteiger partial charge in [0.15, 0.2) is 17.3 Å². The first kappa shape index (κ1) is 16.4. The Morgan fingerprint density at radius 2 is 1.88 bits per heavy atom.